The number of aryl methyl sites for hydroxylation is 1. The summed E-state index contributed by atoms with van der Waals surface area (Å²) in [6.45, 7) is 0. The third kappa shape index (κ3) is 1.39. The number of hydrogen-bond donors (Lipinski definition) is 0. The second kappa shape index (κ2) is 3.58. The summed E-state index contributed by atoms with van der Waals surface area (Å²) in [5.74, 6) is 0.915. The van der Waals surface area contributed by atoms with Gasteiger partial charge in [0, 0.05) is 18.8 Å². The van der Waals surface area contributed by atoms with Gasteiger partial charge in [-0.05, 0) is 6.07 Å². The zero-order chi connectivity index (χ0) is 9.97. The van der Waals surface area contributed by atoms with Gasteiger partial charge in [-0.2, -0.15) is 0 Å². The van der Waals surface area contributed by atoms with Gasteiger partial charge in [0.15, 0.2) is 0 Å². The quantitative estimate of drug-likeness (QED) is 0.705. The Hall–Kier alpha value is -1.70. The molecule has 0 amide bonds. The first-order valence-corrected chi connectivity index (χ1v) is 4.57. The van der Waals surface area contributed by atoms with E-state index < -0.39 is 0 Å². The molecule has 0 radical (unpaired) electrons. The number of rotatable bonds is 2. The van der Waals surface area contributed by atoms with Gasteiger partial charge in [-0.3, -0.25) is 0 Å². The van der Waals surface area contributed by atoms with Crippen LogP contribution in [0.2, 0.25) is 0 Å². The molecule has 14 heavy (non-hydrogen) atoms. The van der Waals surface area contributed by atoms with Crippen LogP contribution in [-0.2, 0) is 7.05 Å². The van der Waals surface area contributed by atoms with Crippen LogP contribution in [0.4, 0.5) is 0 Å². The Morgan fingerprint density at radius 3 is 2.43 bits per heavy atom. The summed E-state index contributed by atoms with van der Waals surface area (Å²) >= 11 is 0. The maximum atomic E-state index is 5.30. The summed E-state index contributed by atoms with van der Waals surface area (Å²) in [5.41, 5.74) is 2.30. The smallest absolute Gasteiger partial charge is 0.144 e. The van der Waals surface area contributed by atoms with Gasteiger partial charge in [-0.1, -0.05) is 30.3 Å². The van der Waals surface area contributed by atoms with E-state index in [2.05, 4.69) is 16.7 Å². The summed E-state index contributed by atoms with van der Waals surface area (Å²) in [7, 11) is 3.71. The number of ether oxygens (including phenoxy) is 1. The second-order valence-corrected chi connectivity index (χ2v) is 3.21. The van der Waals surface area contributed by atoms with Crippen LogP contribution in [0.3, 0.4) is 0 Å². The van der Waals surface area contributed by atoms with Gasteiger partial charge in [0.05, 0.1) is 12.8 Å². The van der Waals surface area contributed by atoms with Crippen molar-refractivity contribution in [2.24, 2.45) is 7.05 Å². The Morgan fingerprint density at radius 2 is 1.79 bits per heavy atom. The highest BCUT2D eigenvalue weighted by atomic mass is 16.5. The Kier molecular flexibility index (Phi) is 2.27. The molecule has 2 heteroatoms. The fraction of sp³-hybridized carbons (Fsp3) is 0.167. The molecule has 0 N–H and O–H groups in total. The molecule has 0 unspecified atom stereocenters. The molecule has 2 nitrogen and oxygen atoms in total. The van der Waals surface area contributed by atoms with Crippen LogP contribution in [-0.4, -0.2) is 11.7 Å². The highest BCUT2D eigenvalue weighted by Gasteiger charge is 2.08. The van der Waals surface area contributed by atoms with E-state index in [1.807, 2.05) is 37.5 Å². The van der Waals surface area contributed by atoms with E-state index in [-0.39, 0.29) is 0 Å². The molecule has 0 bridgehead atoms. The first-order valence-electron chi connectivity index (χ1n) is 4.57. The molecule has 0 saturated heterocycles. The monoisotopic (exact) mass is 187 g/mol. The minimum Gasteiger partial charge on any atom is -0.494 e. The fourth-order valence-corrected chi connectivity index (χ4v) is 1.61. The number of benzene rings is 1. The molecule has 0 saturated carbocycles. The van der Waals surface area contributed by atoms with E-state index in [0.29, 0.717) is 0 Å². The lowest BCUT2D eigenvalue weighted by Crippen LogP contribution is -1.91. The summed E-state index contributed by atoms with van der Waals surface area (Å²) in [4.78, 5) is 0. The van der Waals surface area contributed by atoms with E-state index in [4.69, 9.17) is 4.74 Å². The van der Waals surface area contributed by atoms with Crippen LogP contribution in [0.1, 0.15) is 0 Å². The number of aromatic nitrogens is 1. The molecule has 0 fully saturated rings. The predicted octanol–water partition coefficient (Wildman–Crippen LogP) is 2.70. The van der Waals surface area contributed by atoms with Crippen molar-refractivity contribution in [3.8, 4) is 17.0 Å². The summed E-state index contributed by atoms with van der Waals surface area (Å²) in [6, 6.07) is 12.2. The Balaban J connectivity index is 2.55. The maximum Gasteiger partial charge on any atom is 0.144 e. The van der Waals surface area contributed by atoms with E-state index in [1.165, 1.54) is 5.56 Å². The zero-order valence-electron chi connectivity index (χ0n) is 8.40. The molecule has 0 spiro atoms. The van der Waals surface area contributed by atoms with Gasteiger partial charge < -0.3 is 9.30 Å². The van der Waals surface area contributed by atoms with Crippen LogP contribution in [0.5, 0.6) is 5.75 Å². The molecule has 72 valence electrons. The SMILES string of the molecule is COc1ccn(C)c1-c1ccccc1. The van der Waals surface area contributed by atoms with Crippen molar-refractivity contribution in [3.63, 3.8) is 0 Å². The standard InChI is InChI=1S/C12H13NO/c1-13-9-8-11(14-2)12(13)10-6-4-3-5-7-10/h3-9H,1-2H3. The van der Waals surface area contributed by atoms with E-state index >= 15 is 0 Å². The van der Waals surface area contributed by atoms with Crippen LogP contribution in [0.15, 0.2) is 42.6 Å². The first-order chi connectivity index (χ1) is 6.83. The summed E-state index contributed by atoms with van der Waals surface area (Å²) < 4.78 is 7.36. The average molecular weight is 187 g/mol. The molecular weight excluding hydrogens is 174 g/mol. The molecule has 1 aromatic carbocycles. The van der Waals surface area contributed by atoms with E-state index in [9.17, 15) is 0 Å². The minimum absolute atomic E-state index is 0.915. The van der Waals surface area contributed by atoms with Crippen molar-refractivity contribution >= 4 is 0 Å². The fourth-order valence-electron chi connectivity index (χ4n) is 1.61. The molecule has 0 aliphatic carbocycles. The lowest BCUT2D eigenvalue weighted by atomic mass is 10.1. The Labute approximate surface area is 83.8 Å². The topological polar surface area (TPSA) is 14.2 Å². The van der Waals surface area contributed by atoms with E-state index in [1.54, 1.807) is 7.11 Å². The molecular formula is C12H13NO. The zero-order valence-corrected chi connectivity index (χ0v) is 8.40. The van der Waals surface area contributed by atoms with Gasteiger partial charge >= 0.3 is 0 Å². The van der Waals surface area contributed by atoms with Gasteiger partial charge in [0.2, 0.25) is 0 Å². The molecule has 0 atom stereocenters. The summed E-state index contributed by atoms with van der Waals surface area (Å²) in [5, 5.41) is 0. The van der Waals surface area contributed by atoms with Crippen LogP contribution in [0.25, 0.3) is 11.3 Å². The third-order valence-electron chi connectivity index (χ3n) is 2.30. The Bertz CT molecular complexity index is 417. The highest BCUT2D eigenvalue weighted by molar-refractivity contribution is 5.67. The first kappa shape index (κ1) is 8.88. The minimum atomic E-state index is 0.915. The van der Waals surface area contributed by atoms with Gasteiger partial charge in [0.1, 0.15) is 5.75 Å². The normalized spacial score (nSPS) is 10.1. The van der Waals surface area contributed by atoms with Crippen molar-refractivity contribution in [2.75, 3.05) is 7.11 Å². The Morgan fingerprint density at radius 1 is 1.07 bits per heavy atom. The number of nitrogens with zero attached hydrogens (tertiary/aromatic N) is 1. The summed E-state index contributed by atoms with van der Waals surface area (Å²) in [6.07, 6.45) is 2.00. The number of methoxy groups -OCH3 is 1. The van der Waals surface area contributed by atoms with Crippen molar-refractivity contribution in [1.29, 1.82) is 0 Å². The van der Waals surface area contributed by atoms with Crippen LogP contribution in [0, 0.1) is 0 Å². The molecule has 2 aromatic rings. The largest absolute Gasteiger partial charge is 0.494 e. The average Bonchev–Trinajstić information content (AvgIpc) is 2.61. The predicted molar refractivity (Wildman–Crippen MR) is 57.4 cm³/mol. The van der Waals surface area contributed by atoms with Gasteiger partial charge in [0.25, 0.3) is 0 Å². The van der Waals surface area contributed by atoms with Crippen molar-refractivity contribution in [2.45, 2.75) is 0 Å². The lowest BCUT2D eigenvalue weighted by Gasteiger charge is -2.06. The van der Waals surface area contributed by atoms with Crippen molar-refractivity contribution < 1.29 is 4.74 Å². The van der Waals surface area contributed by atoms with Crippen molar-refractivity contribution in [1.82, 2.24) is 4.57 Å². The highest BCUT2D eigenvalue weighted by Crippen LogP contribution is 2.29. The molecule has 1 heterocycles. The van der Waals surface area contributed by atoms with Crippen LogP contribution >= 0.6 is 0 Å². The molecule has 1 aromatic heterocycles. The second-order valence-electron chi connectivity index (χ2n) is 3.21. The van der Waals surface area contributed by atoms with Gasteiger partial charge in [-0.25, -0.2) is 0 Å². The van der Waals surface area contributed by atoms with Crippen molar-refractivity contribution in [3.05, 3.63) is 42.6 Å². The van der Waals surface area contributed by atoms with E-state index in [0.717, 1.165) is 11.4 Å². The molecule has 0 aliphatic rings. The maximum absolute atomic E-state index is 5.30. The van der Waals surface area contributed by atoms with Crippen LogP contribution < -0.4 is 4.74 Å². The molecule has 0 aliphatic heterocycles. The lowest BCUT2D eigenvalue weighted by molar-refractivity contribution is 0.416. The van der Waals surface area contributed by atoms with Gasteiger partial charge in [-0.15, -0.1) is 0 Å². The third-order valence-corrected chi connectivity index (χ3v) is 2.30. The number of hydrogen-bond acceptors (Lipinski definition) is 1. The molecule has 2 rings (SSSR count).